The third-order valence-electron chi connectivity index (χ3n) is 4.21. The molecular formula is C14H24N2OS. The lowest BCUT2D eigenvalue weighted by atomic mass is 9.84. The standard InChI is InChI=1S/C14H24N2OS/c1-11-7-10-18-12(11)13(16-15)14(17-2)8-5-3-4-6-9-14/h7,10,13,16H,3-6,8-9,15H2,1-2H3. The molecule has 1 aromatic heterocycles. The smallest absolute Gasteiger partial charge is 0.0893 e. The topological polar surface area (TPSA) is 47.3 Å². The summed E-state index contributed by atoms with van der Waals surface area (Å²) in [6.45, 7) is 2.15. The first-order valence-corrected chi connectivity index (χ1v) is 7.67. The van der Waals surface area contributed by atoms with Crippen LogP contribution in [0.1, 0.15) is 55.0 Å². The molecule has 1 atom stereocenters. The highest BCUT2D eigenvalue weighted by molar-refractivity contribution is 7.10. The van der Waals surface area contributed by atoms with Crippen LogP contribution in [0.4, 0.5) is 0 Å². The second-order valence-corrected chi connectivity index (χ2v) is 6.20. The van der Waals surface area contributed by atoms with Crippen molar-refractivity contribution in [2.75, 3.05) is 7.11 Å². The lowest BCUT2D eigenvalue weighted by molar-refractivity contribution is -0.0533. The summed E-state index contributed by atoms with van der Waals surface area (Å²) in [4.78, 5) is 1.32. The van der Waals surface area contributed by atoms with Crippen LogP contribution in [0.2, 0.25) is 0 Å². The van der Waals surface area contributed by atoms with Crippen molar-refractivity contribution in [3.05, 3.63) is 21.9 Å². The zero-order valence-electron chi connectivity index (χ0n) is 11.4. The molecule has 0 bridgehead atoms. The molecule has 1 aliphatic carbocycles. The Bertz CT molecular complexity index is 370. The summed E-state index contributed by atoms with van der Waals surface area (Å²) in [5.74, 6) is 5.85. The fourth-order valence-corrected chi connectivity index (χ4v) is 4.18. The van der Waals surface area contributed by atoms with Crippen LogP contribution in [0, 0.1) is 6.92 Å². The first-order valence-electron chi connectivity index (χ1n) is 6.79. The third kappa shape index (κ3) is 2.62. The van der Waals surface area contributed by atoms with Gasteiger partial charge in [0.15, 0.2) is 0 Å². The lowest BCUT2D eigenvalue weighted by Crippen LogP contribution is -2.47. The molecule has 0 aliphatic heterocycles. The molecule has 102 valence electrons. The van der Waals surface area contributed by atoms with Gasteiger partial charge in [-0.15, -0.1) is 11.3 Å². The van der Waals surface area contributed by atoms with Gasteiger partial charge in [-0.05, 0) is 36.8 Å². The molecule has 4 heteroatoms. The second kappa shape index (κ2) is 6.15. The molecule has 1 aliphatic rings. The summed E-state index contributed by atoms with van der Waals surface area (Å²) < 4.78 is 5.95. The van der Waals surface area contributed by atoms with Crippen LogP contribution in [0.15, 0.2) is 11.4 Å². The summed E-state index contributed by atoms with van der Waals surface area (Å²) in [7, 11) is 1.83. The van der Waals surface area contributed by atoms with E-state index in [9.17, 15) is 0 Å². The van der Waals surface area contributed by atoms with Gasteiger partial charge in [0.05, 0.1) is 11.6 Å². The van der Waals surface area contributed by atoms with Gasteiger partial charge in [0.25, 0.3) is 0 Å². The van der Waals surface area contributed by atoms with E-state index in [0.717, 1.165) is 12.8 Å². The maximum atomic E-state index is 5.95. The predicted molar refractivity (Wildman–Crippen MR) is 76.6 cm³/mol. The highest BCUT2D eigenvalue weighted by Gasteiger charge is 2.40. The molecule has 1 saturated carbocycles. The summed E-state index contributed by atoms with van der Waals surface area (Å²) in [5, 5.41) is 2.13. The monoisotopic (exact) mass is 268 g/mol. The van der Waals surface area contributed by atoms with Crippen LogP contribution in [-0.4, -0.2) is 12.7 Å². The van der Waals surface area contributed by atoms with Crippen molar-refractivity contribution in [2.24, 2.45) is 5.84 Å². The van der Waals surface area contributed by atoms with Gasteiger partial charge in [-0.1, -0.05) is 25.7 Å². The summed E-state index contributed by atoms with van der Waals surface area (Å²) in [6.07, 6.45) is 7.27. The molecular weight excluding hydrogens is 244 g/mol. The van der Waals surface area contributed by atoms with Gasteiger partial charge in [0.1, 0.15) is 0 Å². The number of nitrogens with one attached hydrogen (secondary N) is 1. The van der Waals surface area contributed by atoms with E-state index in [4.69, 9.17) is 10.6 Å². The number of hydrazine groups is 1. The predicted octanol–water partition coefficient (Wildman–Crippen LogP) is 3.30. The van der Waals surface area contributed by atoms with Gasteiger partial charge in [0.2, 0.25) is 0 Å². The molecule has 3 nitrogen and oxygen atoms in total. The largest absolute Gasteiger partial charge is 0.376 e. The Kier molecular flexibility index (Phi) is 4.78. The Morgan fingerprint density at radius 1 is 1.33 bits per heavy atom. The molecule has 0 amide bonds. The van der Waals surface area contributed by atoms with E-state index in [1.807, 2.05) is 7.11 Å². The molecule has 1 heterocycles. The summed E-state index contributed by atoms with van der Waals surface area (Å²) in [6, 6.07) is 2.27. The van der Waals surface area contributed by atoms with Crippen molar-refractivity contribution >= 4 is 11.3 Å². The molecule has 1 unspecified atom stereocenters. The highest BCUT2D eigenvalue weighted by atomic mass is 32.1. The third-order valence-corrected chi connectivity index (χ3v) is 5.30. The number of thiophene rings is 1. The zero-order valence-corrected chi connectivity index (χ0v) is 12.2. The fourth-order valence-electron chi connectivity index (χ4n) is 3.08. The van der Waals surface area contributed by atoms with Gasteiger partial charge in [-0.25, -0.2) is 5.43 Å². The minimum Gasteiger partial charge on any atom is -0.376 e. The minimum absolute atomic E-state index is 0.112. The van der Waals surface area contributed by atoms with E-state index >= 15 is 0 Å². The molecule has 3 N–H and O–H groups in total. The maximum absolute atomic E-state index is 5.95. The van der Waals surface area contributed by atoms with Crippen LogP contribution in [-0.2, 0) is 4.74 Å². The molecule has 2 rings (SSSR count). The van der Waals surface area contributed by atoms with Crippen molar-refractivity contribution in [1.82, 2.24) is 5.43 Å². The number of ether oxygens (including phenoxy) is 1. The number of nitrogens with two attached hydrogens (primary N) is 1. The number of aryl methyl sites for hydroxylation is 1. The normalized spacial score (nSPS) is 21.5. The Morgan fingerprint density at radius 3 is 2.44 bits per heavy atom. The van der Waals surface area contributed by atoms with Crippen LogP contribution < -0.4 is 11.3 Å². The first kappa shape index (κ1) is 14.0. The van der Waals surface area contributed by atoms with Crippen molar-refractivity contribution in [1.29, 1.82) is 0 Å². The molecule has 0 aromatic carbocycles. The highest BCUT2D eigenvalue weighted by Crippen LogP contribution is 2.42. The van der Waals surface area contributed by atoms with Crippen LogP contribution >= 0.6 is 11.3 Å². The fraction of sp³-hybridized carbons (Fsp3) is 0.714. The Hall–Kier alpha value is -0.420. The summed E-state index contributed by atoms with van der Waals surface area (Å²) >= 11 is 1.77. The van der Waals surface area contributed by atoms with Gasteiger partial charge >= 0.3 is 0 Å². The Labute approximate surface area is 114 Å². The number of hydrogen-bond donors (Lipinski definition) is 2. The molecule has 1 fully saturated rings. The summed E-state index contributed by atoms with van der Waals surface area (Å²) in [5.41, 5.74) is 4.19. The van der Waals surface area contributed by atoms with E-state index in [0.29, 0.717) is 0 Å². The van der Waals surface area contributed by atoms with Crippen LogP contribution in [0.3, 0.4) is 0 Å². The van der Waals surface area contributed by atoms with E-state index in [1.54, 1.807) is 11.3 Å². The van der Waals surface area contributed by atoms with Crippen molar-refractivity contribution in [3.8, 4) is 0 Å². The average molecular weight is 268 g/mol. The Balaban J connectivity index is 2.30. The van der Waals surface area contributed by atoms with Gasteiger partial charge < -0.3 is 4.74 Å². The van der Waals surface area contributed by atoms with E-state index in [-0.39, 0.29) is 11.6 Å². The number of hydrogen-bond acceptors (Lipinski definition) is 4. The quantitative estimate of drug-likeness (QED) is 0.500. The lowest BCUT2D eigenvalue weighted by Gasteiger charge is -2.38. The second-order valence-electron chi connectivity index (χ2n) is 5.25. The zero-order chi connectivity index (χ0) is 13.0. The van der Waals surface area contributed by atoms with Gasteiger partial charge in [-0.2, -0.15) is 0 Å². The number of rotatable bonds is 4. The van der Waals surface area contributed by atoms with E-state index in [2.05, 4.69) is 23.8 Å². The van der Waals surface area contributed by atoms with Crippen molar-refractivity contribution < 1.29 is 4.74 Å². The molecule has 18 heavy (non-hydrogen) atoms. The van der Waals surface area contributed by atoms with Crippen molar-refractivity contribution in [3.63, 3.8) is 0 Å². The molecule has 0 saturated heterocycles. The maximum Gasteiger partial charge on any atom is 0.0893 e. The van der Waals surface area contributed by atoms with Gasteiger partial charge in [0, 0.05) is 12.0 Å². The SMILES string of the molecule is COC1(C(NN)c2sccc2C)CCCCCC1. The Morgan fingerprint density at radius 2 is 2.00 bits per heavy atom. The first-order chi connectivity index (χ1) is 8.73. The van der Waals surface area contributed by atoms with E-state index < -0.39 is 0 Å². The minimum atomic E-state index is -0.138. The molecule has 0 spiro atoms. The van der Waals surface area contributed by atoms with E-state index in [1.165, 1.54) is 36.1 Å². The molecule has 1 aromatic rings. The van der Waals surface area contributed by atoms with Crippen molar-refractivity contribution in [2.45, 2.75) is 57.1 Å². The van der Waals surface area contributed by atoms with Gasteiger partial charge in [-0.3, -0.25) is 5.84 Å². The average Bonchev–Trinajstić information content (AvgIpc) is 2.67. The van der Waals surface area contributed by atoms with Crippen LogP contribution in [0.25, 0.3) is 0 Å². The van der Waals surface area contributed by atoms with Crippen LogP contribution in [0.5, 0.6) is 0 Å². The number of methoxy groups -OCH3 is 1. The molecule has 0 radical (unpaired) electrons.